The molecule has 0 saturated carbocycles. The fourth-order valence-corrected chi connectivity index (χ4v) is 2.27. The van der Waals surface area contributed by atoms with Gasteiger partial charge in [0.05, 0.1) is 18.7 Å². The van der Waals surface area contributed by atoms with Crippen molar-refractivity contribution in [3.05, 3.63) is 42.4 Å². The van der Waals surface area contributed by atoms with E-state index in [-0.39, 0.29) is 24.7 Å². The molecule has 0 N–H and O–H groups in total. The third-order valence-corrected chi connectivity index (χ3v) is 3.21. The Hall–Kier alpha value is -2.56. The van der Waals surface area contributed by atoms with Gasteiger partial charge in [0.25, 0.3) is 0 Å². The van der Waals surface area contributed by atoms with Gasteiger partial charge >= 0.3 is 0 Å². The molecule has 2 aromatic rings. The van der Waals surface area contributed by atoms with Gasteiger partial charge in [-0.05, 0) is 25.1 Å². The molecule has 1 amide bonds. The summed E-state index contributed by atoms with van der Waals surface area (Å²) in [5.41, 5.74) is 2.44. The molecule has 0 radical (unpaired) electrons. The number of hydrogen-bond acceptors (Lipinski definition) is 4. The van der Waals surface area contributed by atoms with Crippen LogP contribution in [0.15, 0.2) is 36.5 Å². The summed E-state index contributed by atoms with van der Waals surface area (Å²) in [6.07, 6.45) is 1.70. The Kier molecular flexibility index (Phi) is 3.02. The SMILES string of the molecule is Cc1nccc(-c2cccc(N3CC(=O)CC3=O)c2)n1. The summed E-state index contributed by atoms with van der Waals surface area (Å²) in [4.78, 5) is 33.1. The van der Waals surface area contributed by atoms with Crippen LogP contribution >= 0.6 is 0 Å². The molecule has 20 heavy (non-hydrogen) atoms. The Morgan fingerprint density at radius 3 is 2.75 bits per heavy atom. The number of aromatic nitrogens is 2. The first-order valence-electron chi connectivity index (χ1n) is 6.35. The number of benzene rings is 1. The molecular formula is C15H13N3O2. The molecule has 1 fully saturated rings. The van der Waals surface area contributed by atoms with Gasteiger partial charge in [-0.2, -0.15) is 0 Å². The molecular weight excluding hydrogens is 254 g/mol. The Morgan fingerprint density at radius 2 is 2.05 bits per heavy atom. The summed E-state index contributed by atoms with van der Waals surface area (Å²) in [6.45, 7) is 1.99. The summed E-state index contributed by atoms with van der Waals surface area (Å²) in [6, 6.07) is 9.31. The average Bonchev–Trinajstić information content (AvgIpc) is 2.78. The number of carbonyl (C=O) groups is 2. The highest BCUT2D eigenvalue weighted by atomic mass is 16.2. The van der Waals surface area contributed by atoms with E-state index in [1.807, 2.05) is 37.3 Å². The maximum atomic E-state index is 11.8. The van der Waals surface area contributed by atoms with Crippen molar-refractivity contribution in [3.63, 3.8) is 0 Å². The highest BCUT2D eigenvalue weighted by Crippen LogP contribution is 2.25. The molecule has 0 atom stereocenters. The third-order valence-electron chi connectivity index (χ3n) is 3.21. The second kappa shape index (κ2) is 4.85. The molecule has 0 spiro atoms. The van der Waals surface area contributed by atoms with Crippen LogP contribution in [0.25, 0.3) is 11.3 Å². The van der Waals surface area contributed by atoms with E-state index < -0.39 is 0 Å². The van der Waals surface area contributed by atoms with Gasteiger partial charge in [0.2, 0.25) is 5.91 Å². The van der Waals surface area contributed by atoms with Gasteiger partial charge in [0.1, 0.15) is 5.82 Å². The molecule has 0 bridgehead atoms. The van der Waals surface area contributed by atoms with E-state index in [0.29, 0.717) is 5.82 Å². The van der Waals surface area contributed by atoms with Crippen LogP contribution in [0.2, 0.25) is 0 Å². The van der Waals surface area contributed by atoms with Gasteiger partial charge in [0.15, 0.2) is 5.78 Å². The van der Waals surface area contributed by atoms with E-state index in [1.54, 1.807) is 6.20 Å². The first-order valence-corrected chi connectivity index (χ1v) is 6.35. The quantitative estimate of drug-likeness (QED) is 0.778. The van der Waals surface area contributed by atoms with Gasteiger partial charge in [0, 0.05) is 17.4 Å². The predicted molar refractivity (Wildman–Crippen MR) is 74.2 cm³/mol. The van der Waals surface area contributed by atoms with Crippen LogP contribution in [0, 0.1) is 6.92 Å². The topological polar surface area (TPSA) is 63.2 Å². The Bertz CT molecular complexity index is 697. The highest BCUT2D eigenvalue weighted by molar-refractivity contribution is 6.15. The number of hydrogen-bond donors (Lipinski definition) is 0. The number of rotatable bonds is 2. The maximum absolute atomic E-state index is 11.8. The maximum Gasteiger partial charge on any atom is 0.234 e. The van der Waals surface area contributed by atoms with Gasteiger partial charge in [-0.15, -0.1) is 0 Å². The Morgan fingerprint density at radius 1 is 1.20 bits per heavy atom. The van der Waals surface area contributed by atoms with E-state index in [2.05, 4.69) is 9.97 Å². The zero-order chi connectivity index (χ0) is 14.1. The van der Waals surface area contributed by atoms with Crippen LogP contribution in [0.3, 0.4) is 0 Å². The van der Waals surface area contributed by atoms with Crippen molar-refractivity contribution in [2.75, 3.05) is 11.4 Å². The Balaban J connectivity index is 1.98. The standard InChI is InChI=1S/C15H13N3O2/c1-10-16-6-5-14(17-10)11-3-2-4-12(7-11)18-9-13(19)8-15(18)20/h2-7H,8-9H2,1H3. The second-order valence-electron chi connectivity index (χ2n) is 4.73. The summed E-state index contributed by atoms with van der Waals surface area (Å²) in [5, 5.41) is 0. The van der Waals surface area contributed by atoms with Crippen molar-refractivity contribution in [1.29, 1.82) is 0 Å². The minimum atomic E-state index is -0.147. The number of ketones is 1. The first kappa shape index (κ1) is 12.5. The number of amides is 1. The first-order chi connectivity index (χ1) is 9.63. The van der Waals surface area contributed by atoms with E-state index in [0.717, 1.165) is 16.9 Å². The summed E-state index contributed by atoms with van der Waals surface area (Å²) < 4.78 is 0. The predicted octanol–water partition coefficient (Wildman–Crippen LogP) is 1.76. The van der Waals surface area contributed by atoms with Crippen LogP contribution < -0.4 is 4.90 Å². The molecule has 0 unspecified atom stereocenters. The molecule has 1 aliphatic heterocycles. The monoisotopic (exact) mass is 267 g/mol. The van der Waals surface area contributed by atoms with E-state index >= 15 is 0 Å². The van der Waals surface area contributed by atoms with Crippen LogP contribution in [0.5, 0.6) is 0 Å². The van der Waals surface area contributed by atoms with Crippen molar-refractivity contribution >= 4 is 17.4 Å². The van der Waals surface area contributed by atoms with Crippen LogP contribution in [0.1, 0.15) is 12.2 Å². The fraction of sp³-hybridized carbons (Fsp3) is 0.200. The van der Waals surface area contributed by atoms with Crippen molar-refractivity contribution in [1.82, 2.24) is 9.97 Å². The molecule has 1 aromatic heterocycles. The number of nitrogens with zero attached hydrogens (tertiary/aromatic N) is 3. The number of Topliss-reactive ketones (excluding diaryl/α,β-unsaturated/α-hetero) is 1. The number of aryl methyl sites for hydroxylation is 1. The van der Waals surface area contributed by atoms with E-state index in [4.69, 9.17) is 0 Å². The van der Waals surface area contributed by atoms with Crippen molar-refractivity contribution in [3.8, 4) is 11.3 Å². The van der Waals surface area contributed by atoms with Gasteiger partial charge < -0.3 is 4.90 Å². The minimum absolute atomic E-state index is 0.00313. The third kappa shape index (κ3) is 2.30. The van der Waals surface area contributed by atoms with Gasteiger partial charge in [-0.3, -0.25) is 9.59 Å². The van der Waals surface area contributed by atoms with Crippen molar-refractivity contribution < 1.29 is 9.59 Å². The van der Waals surface area contributed by atoms with Crippen LogP contribution in [0.4, 0.5) is 5.69 Å². The molecule has 1 aliphatic rings. The molecule has 5 nitrogen and oxygen atoms in total. The van der Waals surface area contributed by atoms with Gasteiger partial charge in [-0.1, -0.05) is 12.1 Å². The minimum Gasteiger partial charge on any atom is -0.305 e. The highest BCUT2D eigenvalue weighted by Gasteiger charge is 2.28. The Labute approximate surface area is 116 Å². The smallest absolute Gasteiger partial charge is 0.234 e. The lowest BCUT2D eigenvalue weighted by atomic mass is 10.1. The molecule has 2 heterocycles. The zero-order valence-electron chi connectivity index (χ0n) is 11.0. The molecule has 1 saturated heterocycles. The fourth-order valence-electron chi connectivity index (χ4n) is 2.27. The second-order valence-corrected chi connectivity index (χ2v) is 4.73. The lowest BCUT2D eigenvalue weighted by Crippen LogP contribution is -2.24. The summed E-state index contributed by atoms with van der Waals surface area (Å²) in [7, 11) is 0. The molecule has 3 rings (SSSR count). The summed E-state index contributed by atoms with van der Waals surface area (Å²) >= 11 is 0. The molecule has 5 heteroatoms. The summed E-state index contributed by atoms with van der Waals surface area (Å²) in [5.74, 6) is 0.504. The van der Waals surface area contributed by atoms with Crippen LogP contribution in [-0.2, 0) is 9.59 Å². The lowest BCUT2D eigenvalue weighted by molar-refractivity contribution is -0.121. The van der Waals surface area contributed by atoms with Gasteiger partial charge in [-0.25, -0.2) is 9.97 Å². The number of carbonyl (C=O) groups excluding carboxylic acids is 2. The van der Waals surface area contributed by atoms with E-state index in [9.17, 15) is 9.59 Å². The average molecular weight is 267 g/mol. The molecule has 100 valence electrons. The largest absolute Gasteiger partial charge is 0.305 e. The van der Waals surface area contributed by atoms with E-state index in [1.165, 1.54) is 4.90 Å². The van der Waals surface area contributed by atoms with Crippen molar-refractivity contribution in [2.24, 2.45) is 0 Å². The zero-order valence-corrected chi connectivity index (χ0v) is 11.0. The number of anilines is 1. The lowest BCUT2D eigenvalue weighted by Gasteiger charge is -2.15. The molecule has 0 aliphatic carbocycles. The van der Waals surface area contributed by atoms with Crippen molar-refractivity contribution in [2.45, 2.75) is 13.3 Å². The molecule has 1 aromatic carbocycles. The normalized spacial score (nSPS) is 14.9. The van der Waals surface area contributed by atoms with Crippen LogP contribution in [-0.4, -0.2) is 28.2 Å².